The summed E-state index contributed by atoms with van der Waals surface area (Å²) in [6.07, 6.45) is 0. The number of para-hydroxylation sites is 1. The van der Waals surface area contributed by atoms with E-state index in [0.717, 1.165) is 15.4 Å². The van der Waals surface area contributed by atoms with Gasteiger partial charge in [-0.15, -0.1) is 0 Å². The maximum absolute atomic E-state index is 12.9. The van der Waals surface area contributed by atoms with Crippen LogP contribution < -0.4 is 10.6 Å². The molecule has 7 nitrogen and oxygen atoms in total. The molecule has 2 N–H and O–H groups in total. The average molecular weight is 466 g/mol. The minimum Gasteiger partial charge on any atom is -0.325 e. The number of hydrogen-bond donors (Lipinski definition) is 2. The van der Waals surface area contributed by atoms with E-state index in [-0.39, 0.29) is 17.3 Å². The number of nitrogens with one attached hydrogen (secondary N) is 2. The van der Waals surface area contributed by atoms with E-state index in [1.54, 1.807) is 49.4 Å². The number of carbonyl (C=O) groups is 2. The molecule has 0 aromatic heterocycles. The molecule has 3 rings (SSSR count). The molecule has 0 radical (unpaired) electrons. The number of amides is 2. The summed E-state index contributed by atoms with van der Waals surface area (Å²) in [5, 5.41) is 5.54. The van der Waals surface area contributed by atoms with Crippen molar-refractivity contribution in [1.29, 1.82) is 0 Å². The van der Waals surface area contributed by atoms with Gasteiger partial charge in [-0.05, 0) is 73.9 Å². The molecule has 0 saturated carbocycles. The quantitative estimate of drug-likeness (QED) is 0.549. The van der Waals surface area contributed by atoms with E-state index in [1.807, 2.05) is 32.0 Å². The minimum absolute atomic E-state index is 0.136. The maximum atomic E-state index is 12.9. The van der Waals surface area contributed by atoms with Crippen molar-refractivity contribution in [2.24, 2.45) is 0 Å². The zero-order chi connectivity index (χ0) is 24.2. The van der Waals surface area contributed by atoms with E-state index in [0.29, 0.717) is 22.5 Å². The first kappa shape index (κ1) is 24.2. The second-order valence-electron chi connectivity index (χ2n) is 7.85. The van der Waals surface area contributed by atoms with Crippen molar-refractivity contribution in [3.63, 3.8) is 0 Å². The van der Waals surface area contributed by atoms with Crippen molar-refractivity contribution < 1.29 is 18.0 Å². The van der Waals surface area contributed by atoms with Crippen molar-refractivity contribution >= 4 is 33.2 Å². The van der Waals surface area contributed by atoms with Gasteiger partial charge in [-0.3, -0.25) is 9.59 Å². The third-order valence-electron chi connectivity index (χ3n) is 5.44. The summed E-state index contributed by atoms with van der Waals surface area (Å²) < 4.78 is 26.7. The highest BCUT2D eigenvalue weighted by molar-refractivity contribution is 7.89. The zero-order valence-electron chi connectivity index (χ0n) is 19.0. The first-order valence-corrected chi connectivity index (χ1v) is 11.8. The molecule has 3 aromatic carbocycles. The van der Waals surface area contributed by atoms with Gasteiger partial charge in [0.15, 0.2) is 0 Å². The average Bonchev–Trinajstić information content (AvgIpc) is 2.77. The van der Waals surface area contributed by atoms with Gasteiger partial charge >= 0.3 is 0 Å². The third-order valence-corrected chi connectivity index (χ3v) is 7.24. The van der Waals surface area contributed by atoms with Crippen LogP contribution in [0.4, 0.5) is 11.4 Å². The number of anilines is 2. The summed E-state index contributed by atoms with van der Waals surface area (Å²) in [6.45, 7) is 5.10. The fourth-order valence-electron chi connectivity index (χ4n) is 3.27. The number of carbonyl (C=O) groups excluding carboxylic acids is 2. The van der Waals surface area contributed by atoms with Crippen LogP contribution in [0.25, 0.3) is 0 Å². The molecule has 0 bridgehead atoms. The van der Waals surface area contributed by atoms with Crippen LogP contribution in [0.2, 0.25) is 0 Å². The Bertz CT molecular complexity index is 1290. The van der Waals surface area contributed by atoms with Crippen molar-refractivity contribution in [2.75, 3.05) is 24.2 Å². The standard InChI is InChI=1S/C25H27N3O4S/c1-17-13-14-21(15-18(17)2)33(31,32)28(4)16-24(29)27-23-12-8-11-22(19(23)3)25(30)26-20-9-6-5-7-10-20/h5-15H,16H2,1-4H3,(H,26,30)(H,27,29). The second kappa shape index (κ2) is 9.97. The van der Waals surface area contributed by atoms with Crippen LogP contribution in [0.15, 0.2) is 71.6 Å². The number of aryl methyl sites for hydroxylation is 2. The van der Waals surface area contributed by atoms with Crippen LogP contribution in [0.3, 0.4) is 0 Å². The van der Waals surface area contributed by atoms with Gasteiger partial charge in [0.05, 0.1) is 11.4 Å². The molecule has 0 aliphatic heterocycles. The van der Waals surface area contributed by atoms with Crippen molar-refractivity contribution in [3.8, 4) is 0 Å². The fraction of sp³-hybridized carbons (Fsp3) is 0.200. The molecule has 172 valence electrons. The van der Waals surface area contributed by atoms with Crippen LogP contribution in [0.1, 0.15) is 27.0 Å². The Morgan fingerprint density at radius 2 is 1.55 bits per heavy atom. The van der Waals surface area contributed by atoms with E-state index >= 15 is 0 Å². The normalized spacial score (nSPS) is 11.3. The van der Waals surface area contributed by atoms with Gasteiger partial charge in [0.25, 0.3) is 5.91 Å². The first-order chi connectivity index (χ1) is 15.6. The van der Waals surface area contributed by atoms with E-state index < -0.39 is 15.9 Å². The minimum atomic E-state index is -3.82. The van der Waals surface area contributed by atoms with Crippen LogP contribution in [0.5, 0.6) is 0 Å². The second-order valence-corrected chi connectivity index (χ2v) is 9.90. The first-order valence-electron chi connectivity index (χ1n) is 10.4. The number of nitrogens with zero attached hydrogens (tertiary/aromatic N) is 1. The molecule has 0 atom stereocenters. The van der Waals surface area contributed by atoms with Crippen molar-refractivity contribution in [2.45, 2.75) is 25.7 Å². The number of rotatable bonds is 7. The van der Waals surface area contributed by atoms with E-state index in [4.69, 9.17) is 0 Å². The lowest BCUT2D eigenvalue weighted by atomic mass is 10.1. The molecular formula is C25H27N3O4S. The Morgan fingerprint density at radius 1 is 0.848 bits per heavy atom. The zero-order valence-corrected chi connectivity index (χ0v) is 19.9. The van der Waals surface area contributed by atoms with Gasteiger partial charge in [-0.25, -0.2) is 8.42 Å². The smallest absolute Gasteiger partial charge is 0.256 e. The Balaban J connectivity index is 1.71. The lowest BCUT2D eigenvalue weighted by molar-refractivity contribution is -0.116. The monoisotopic (exact) mass is 465 g/mol. The van der Waals surface area contributed by atoms with Gasteiger partial charge in [-0.2, -0.15) is 4.31 Å². The summed E-state index contributed by atoms with van der Waals surface area (Å²) in [4.78, 5) is 25.4. The molecule has 0 saturated heterocycles. The van der Waals surface area contributed by atoms with Crippen molar-refractivity contribution in [1.82, 2.24) is 4.31 Å². The molecule has 8 heteroatoms. The van der Waals surface area contributed by atoms with Crippen molar-refractivity contribution in [3.05, 3.63) is 89.0 Å². The van der Waals surface area contributed by atoms with Crippen LogP contribution in [0, 0.1) is 20.8 Å². The Morgan fingerprint density at radius 3 is 2.21 bits per heavy atom. The number of hydrogen-bond acceptors (Lipinski definition) is 4. The van der Waals surface area contributed by atoms with Gasteiger partial charge in [0, 0.05) is 24.0 Å². The summed E-state index contributed by atoms with van der Waals surface area (Å²) >= 11 is 0. The topological polar surface area (TPSA) is 95.6 Å². The SMILES string of the molecule is Cc1ccc(S(=O)(=O)N(C)CC(=O)Nc2cccc(C(=O)Nc3ccccc3)c2C)cc1C. The van der Waals surface area contributed by atoms with Gasteiger partial charge < -0.3 is 10.6 Å². The van der Waals surface area contributed by atoms with Gasteiger partial charge in [0.2, 0.25) is 15.9 Å². The molecule has 0 aliphatic rings. The molecule has 2 amide bonds. The molecule has 33 heavy (non-hydrogen) atoms. The van der Waals surface area contributed by atoms with E-state index in [2.05, 4.69) is 10.6 Å². The maximum Gasteiger partial charge on any atom is 0.256 e. The number of likely N-dealkylation sites (N-methyl/N-ethyl adjacent to an activating group) is 1. The number of benzene rings is 3. The lowest BCUT2D eigenvalue weighted by Gasteiger charge is -2.18. The molecule has 0 fully saturated rings. The molecule has 0 unspecified atom stereocenters. The molecule has 0 aliphatic carbocycles. The summed E-state index contributed by atoms with van der Waals surface area (Å²) in [6, 6.07) is 18.9. The summed E-state index contributed by atoms with van der Waals surface area (Å²) in [7, 11) is -2.46. The Labute approximate surface area is 194 Å². The van der Waals surface area contributed by atoms with Crippen LogP contribution in [-0.4, -0.2) is 38.1 Å². The van der Waals surface area contributed by atoms with Gasteiger partial charge in [-0.1, -0.05) is 30.3 Å². The molecular weight excluding hydrogens is 438 g/mol. The molecule has 0 spiro atoms. The van der Waals surface area contributed by atoms with Crippen LogP contribution in [-0.2, 0) is 14.8 Å². The third kappa shape index (κ3) is 5.66. The predicted octanol–water partition coefficient (Wildman–Crippen LogP) is 4.12. The lowest BCUT2D eigenvalue weighted by Crippen LogP contribution is -2.35. The predicted molar refractivity (Wildman–Crippen MR) is 130 cm³/mol. The highest BCUT2D eigenvalue weighted by atomic mass is 32.2. The van der Waals surface area contributed by atoms with Crippen LogP contribution >= 0.6 is 0 Å². The van der Waals surface area contributed by atoms with E-state index in [1.165, 1.54) is 13.1 Å². The summed E-state index contributed by atoms with van der Waals surface area (Å²) in [5.74, 6) is -0.808. The summed E-state index contributed by atoms with van der Waals surface area (Å²) in [5.41, 5.74) is 3.94. The van der Waals surface area contributed by atoms with Gasteiger partial charge in [0.1, 0.15) is 0 Å². The number of sulfonamides is 1. The molecule has 3 aromatic rings. The fourth-order valence-corrected chi connectivity index (χ4v) is 4.48. The highest BCUT2D eigenvalue weighted by Gasteiger charge is 2.24. The Kier molecular flexibility index (Phi) is 7.30. The Hall–Kier alpha value is -3.49. The molecule has 0 heterocycles. The highest BCUT2D eigenvalue weighted by Crippen LogP contribution is 2.21. The van der Waals surface area contributed by atoms with E-state index in [9.17, 15) is 18.0 Å². The largest absolute Gasteiger partial charge is 0.325 e.